The third kappa shape index (κ3) is 5.46. The summed E-state index contributed by atoms with van der Waals surface area (Å²) in [6, 6.07) is 18.2. The molecule has 5 rings (SSSR count). The van der Waals surface area contributed by atoms with Gasteiger partial charge in [0.1, 0.15) is 17.5 Å². The first-order valence-electron chi connectivity index (χ1n) is 11.9. The second-order valence-corrected chi connectivity index (χ2v) is 9.09. The molecule has 0 radical (unpaired) electrons. The van der Waals surface area contributed by atoms with Gasteiger partial charge in [-0.1, -0.05) is 53.2 Å². The first-order valence-corrected chi connectivity index (χ1v) is 11.9. The van der Waals surface area contributed by atoms with Crippen molar-refractivity contribution in [1.29, 1.82) is 0 Å². The minimum Gasteiger partial charge on any atom is -0.484 e. The van der Waals surface area contributed by atoms with E-state index in [4.69, 9.17) is 9.47 Å². The fourth-order valence-electron chi connectivity index (χ4n) is 4.55. The Morgan fingerprint density at radius 3 is 2.65 bits per heavy atom. The van der Waals surface area contributed by atoms with E-state index in [0.717, 1.165) is 43.9 Å². The van der Waals surface area contributed by atoms with Crippen LogP contribution in [0.3, 0.4) is 0 Å². The van der Waals surface area contributed by atoms with Crippen molar-refractivity contribution in [3.05, 3.63) is 77.1 Å². The van der Waals surface area contributed by atoms with Crippen molar-refractivity contribution in [3.8, 4) is 5.75 Å². The van der Waals surface area contributed by atoms with E-state index in [-0.39, 0.29) is 24.7 Å². The number of likely N-dealkylation sites (tertiary alicyclic amines) is 1. The Hall–Kier alpha value is -3.23. The largest absolute Gasteiger partial charge is 0.484 e. The number of carbonyl (C=O) groups excluding carboxylic acids is 1. The molecule has 2 aliphatic heterocycles. The number of amides is 1. The molecule has 1 atom stereocenters. The molecule has 2 aromatic carbocycles. The van der Waals surface area contributed by atoms with E-state index in [9.17, 15) is 4.79 Å². The first-order chi connectivity index (χ1) is 16.6. The Kier molecular flexibility index (Phi) is 6.87. The first kappa shape index (κ1) is 22.6. The summed E-state index contributed by atoms with van der Waals surface area (Å²) in [6.07, 6.45) is 1.83. The molecule has 34 heavy (non-hydrogen) atoms. The van der Waals surface area contributed by atoms with Crippen LogP contribution in [0.25, 0.3) is 0 Å². The molecule has 8 nitrogen and oxygen atoms in total. The average Bonchev–Trinajstić information content (AvgIpc) is 3.27. The maximum absolute atomic E-state index is 12.3. The molecule has 1 aromatic heterocycles. The molecule has 1 N–H and O–H groups in total. The number of ether oxygens (including phenoxy) is 2. The van der Waals surface area contributed by atoms with Gasteiger partial charge in [0, 0.05) is 25.7 Å². The van der Waals surface area contributed by atoms with Gasteiger partial charge in [-0.25, -0.2) is 4.68 Å². The number of aryl methyl sites for hydroxylation is 1. The topological polar surface area (TPSA) is 81.5 Å². The third-order valence-electron chi connectivity index (χ3n) is 6.57. The van der Waals surface area contributed by atoms with Gasteiger partial charge in [-0.3, -0.25) is 9.69 Å². The SMILES string of the molecule is Cc1ccc(OCC(=O)NC2CCN(Cc3nnn4c3COC(c3ccccc3)C4)CC2)cc1. The zero-order valence-corrected chi connectivity index (χ0v) is 19.5. The molecule has 2 aliphatic rings. The van der Waals surface area contributed by atoms with E-state index in [2.05, 4.69) is 32.7 Å². The van der Waals surface area contributed by atoms with Crippen LogP contribution in [0.1, 0.15) is 41.5 Å². The average molecular weight is 462 g/mol. The molecular formula is C26H31N5O3. The van der Waals surface area contributed by atoms with Crippen LogP contribution in [0, 0.1) is 6.92 Å². The molecule has 0 spiro atoms. The highest BCUT2D eigenvalue weighted by molar-refractivity contribution is 5.77. The van der Waals surface area contributed by atoms with Gasteiger partial charge in [-0.15, -0.1) is 5.10 Å². The van der Waals surface area contributed by atoms with Crippen molar-refractivity contribution in [2.75, 3.05) is 19.7 Å². The van der Waals surface area contributed by atoms with Gasteiger partial charge in [0.15, 0.2) is 6.61 Å². The summed E-state index contributed by atoms with van der Waals surface area (Å²) in [5.41, 5.74) is 4.38. The number of carbonyl (C=O) groups is 1. The van der Waals surface area contributed by atoms with Crippen molar-refractivity contribution >= 4 is 5.91 Å². The number of rotatable bonds is 7. The summed E-state index contributed by atoms with van der Waals surface area (Å²) < 4.78 is 13.7. The van der Waals surface area contributed by atoms with Crippen LogP contribution in [-0.2, 0) is 29.2 Å². The predicted molar refractivity (Wildman–Crippen MR) is 127 cm³/mol. The van der Waals surface area contributed by atoms with E-state index in [1.165, 1.54) is 11.1 Å². The van der Waals surface area contributed by atoms with Crippen LogP contribution < -0.4 is 10.1 Å². The van der Waals surface area contributed by atoms with Gasteiger partial charge in [-0.05, 0) is 37.5 Å². The number of fused-ring (bicyclic) bond motifs is 1. The summed E-state index contributed by atoms with van der Waals surface area (Å²) >= 11 is 0. The maximum atomic E-state index is 12.3. The number of nitrogens with one attached hydrogen (secondary N) is 1. The van der Waals surface area contributed by atoms with Crippen LogP contribution in [0.15, 0.2) is 54.6 Å². The highest BCUT2D eigenvalue weighted by Gasteiger charge is 2.27. The zero-order valence-electron chi connectivity index (χ0n) is 19.5. The quantitative estimate of drug-likeness (QED) is 0.583. The standard InChI is InChI=1S/C26H31N5O3/c1-19-7-9-22(10-8-19)33-18-26(32)27-21-11-13-30(14-12-21)15-23-24-17-34-25(16-31(24)29-28-23)20-5-3-2-4-6-20/h2-10,21,25H,11-18H2,1H3,(H,27,32). The van der Waals surface area contributed by atoms with Crippen LogP contribution in [0.2, 0.25) is 0 Å². The zero-order chi connectivity index (χ0) is 23.3. The number of aromatic nitrogens is 3. The van der Waals surface area contributed by atoms with Crippen LogP contribution >= 0.6 is 0 Å². The molecule has 1 saturated heterocycles. The number of nitrogens with zero attached hydrogens (tertiary/aromatic N) is 4. The number of piperidine rings is 1. The Morgan fingerprint density at radius 2 is 1.88 bits per heavy atom. The van der Waals surface area contributed by atoms with Crippen molar-refractivity contribution in [2.24, 2.45) is 0 Å². The number of hydrogen-bond donors (Lipinski definition) is 1. The molecule has 0 aliphatic carbocycles. The Morgan fingerprint density at radius 1 is 1.12 bits per heavy atom. The van der Waals surface area contributed by atoms with E-state index >= 15 is 0 Å². The lowest BCUT2D eigenvalue weighted by atomic mass is 10.0. The van der Waals surface area contributed by atoms with Crippen molar-refractivity contribution in [2.45, 2.75) is 51.6 Å². The summed E-state index contributed by atoms with van der Waals surface area (Å²) in [5, 5.41) is 12.0. The van der Waals surface area contributed by atoms with Crippen LogP contribution in [0.4, 0.5) is 0 Å². The van der Waals surface area contributed by atoms with Crippen LogP contribution in [-0.4, -0.2) is 51.5 Å². The lowest BCUT2D eigenvalue weighted by Crippen LogP contribution is -2.45. The van der Waals surface area contributed by atoms with E-state index in [1.807, 2.05) is 54.1 Å². The monoisotopic (exact) mass is 461 g/mol. The second-order valence-electron chi connectivity index (χ2n) is 9.09. The van der Waals surface area contributed by atoms with Crippen LogP contribution in [0.5, 0.6) is 5.75 Å². The molecule has 1 amide bonds. The summed E-state index contributed by atoms with van der Waals surface area (Å²) in [4.78, 5) is 14.7. The van der Waals surface area contributed by atoms with E-state index in [1.54, 1.807) is 0 Å². The number of benzene rings is 2. The Bertz CT molecular complexity index is 1090. The third-order valence-corrected chi connectivity index (χ3v) is 6.57. The fraction of sp³-hybridized carbons (Fsp3) is 0.423. The highest BCUT2D eigenvalue weighted by atomic mass is 16.5. The molecule has 178 valence electrons. The van der Waals surface area contributed by atoms with Crippen molar-refractivity contribution < 1.29 is 14.3 Å². The summed E-state index contributed by atoms with van der Waals surface area (Å²) in [5.74, 6) is 0.642. The molecule has 0 saturated carbocycles. The fourth-order valence-corrected chi connectivity index (χ4v) is 4.55. The number of hydrogen-bond acceptors (Lipinski definition) is 6. The Labute approximate surface area is 199 Å². The normalized spacial score (nSPS) is 18.9. The molecule has 1 fully saturated rings. The summed E-state index contributed by atoms with van der Waals surface area (Å²) in [6.45, 7) is 5.84. The van der Waals surface area contributed by atoms with Gasteiger partial charge in [0.25, 0.3) is 5.91 Å². The predicted octanol–water partition coefficient (Wildman–Crippen LogP) is 3.02. The molecule has 1 unspecified atom stereocenters. The molecule has 8 heteroatoms. The van der Waals surface area contributed by atoms with Gasteiger partial charge in [0.2, 0.25) is 0 Å². The molecular weight excluding hydrogens is 430 g/mol. The van der Waals surface area contributed by atoms with Gasteiger partial charge in [0.05, 0.1) is 18.8 Å². The molecule has 0 bridgehead atoms. The minimum atomic E-state index is -0.0727. The van der Waals surface area contributed by atoms with Gasteiger partial charge >= 0.3 is 0 Å². The molecule has 3 heterocycles. The summed E-state index contributed by atoms with van der Waals surface area (Å²) in [7, 11) is 0. The second kappa shape index (κ2) is 10.4. The van der Waals surface area contributed by atoms with E-state index in [0.29, 0.717) is 18.9 Å². The smallest absolute Gasteiger partial charge is 0.258 e. The highest BCUT2D eigenvalue weighted by Crippen LogP contribution is 2.27. The maximum Gasteiger partial charge on any atom is 0.258 e. The van der Waals surface area contributed by atoms with Gasteiger partial charge < -0.3 is 14.8 Å². The van der Waals surface area contributed by atoms with Gasteiger partial charge in [-0.2, -0.15) is 0 Å². The Balaban J connectivity index is 1.07. The lowest BCUT2D eigenvalue weighted by Gasteiger charge is -2.32. The van der Waals surface area contributed by atoms with Crippen molar-refractivity contribution in [3.63, 3.8) is 0 Å². The lowest BCUT2D eigenvalue weighted by molar-refractivity contribution is -0.124. The van der Waals surface area contributed by atoms with Crippen molar-refractivity contribution in [1.82, 2.24) is 25.2 Å². The van der Waals surface area contributed by atoms with E-state index < -0.39 is 0 Å². The molecule has 3 aromatic rings. The minimum absolute atomic E-state index is 0.0117.